The maximum absolute atomic E-state index is 12.4. The van der Waals surface area contributed by atoms with E-state index >= 15 is 0 Å². The van der Waals surface area contributed by atoms with E-state index in [0.717, 1.165) is 35.8 Å². The van der Waals surface area contributed by atoms with Crippen LogP contribution in [0, 0.1) is 0 Å². The Balaban J connectivity index is 1.37. The van der Waals surface area contributed by atoms with Crippen LogP contribution in [0.1, 0.15) is 0 Å². The molecule has 6 nitrogen and oxygen atoms in total. The number of urea groups is 1. The smallest absolute Gasteiger partial charge is 0.321 e. The van der Waals surface area contributed by atoms with Crippen LogP contribution in [-0.2, 0) is 0 Å². The summed E-state index contributed by atoms with van der Waals surface area (Å²) in [6.45, 7) is 2.79. The number of piperazine rings is 1. The summed E-state index contributed by atoms with van der Waals surface area (Å²) >= 11 is 5.86. The SMILES string of the molecule is O=C(Nc1ccc(Cl)cc1)N1CCN(c2nc3ccccc3[nH]2)CC1. The minimum absolute atomic E-state index is 0.0911. The van der Waals surface area contributed by atoms with Gasteiger partial charge in [-0.3, -0.25) is 0 Å². The first kappa shape index (κ1) is 15.8. The highest BCUT2D eigenvalue weighted by molar-refractivity contribution is 6.30. The van der Waals surface area contributed by atoms with Gasteiger partial charge in [0.05, 0.1) is 11.0 Å². The fourth-order valence-corrected chi connectivity index (χ4v) is 3.07. The van der Waals surface area contributed by atoms with Gasteiger partial charge in [0, 0.05) is 36.9 Å². The van der Waals surface area contributed by atoms with Gasteiger partial charge in [-0.2, -0.15) is 0 Å². The fraction of sp³-hybridized carbons (Fsp3) is 0.222. The third-order valence-electron chi connectivity index (χ3n) is 4.34. The third kappa shape index (κ3) is 3.39. The molecule has 1 saturated heterocycles. The van der Waals surface area contributed by atoms with E-state index in [0.29, 0.717) is 18.1 Å². The Morgan fingerprint density at radius 3 is 2.48 bits per heavy atom. The standard InChI is InChI=1S/C18H18ClN5O/c19-13-5-7-14(8-6-13)20-18(25)24-11-9-23(10-12-24)17-21-15-3-1-2-4-16(15)22-17/h1-8H,9-12H2,(H,20,25)(H,21,22). The predicted octanol–water partition coefficient (Wildman–Crippen LogP) is 3.57. The monoisotopic (exact) mass is 355 g/mol. The van der Waals surface area contributed by atoms with E-state index in [2.05, 4.69) is 20.2 Å². The lowest BCUT2D eigenvalue weighted by Gasteiger charge is -2.34. The van der Waals surface area contributed by atoms with Gasteiger partial charge >= 0.3 is 6.03 Å². The predicted molar refractivity (Wildman–Crippen MR) is 100 cm³/mol. The molecular weight excluding hydrogens is 338 g/mol. The lowest BCUT2D eigenvalue weighted by atomic mass is 10.3. The molecule has 0 saturated carbocycles. The fourth-order valence-electron chi connectivity index (χ4n) is 2.95. The molecule has 2 aromatic carbocycles. The number of H-pyrrole nitrogens is 1. The molecule has 3 aromatic rings. The summed E-state index contributed by atoms with van der Waals surface area (Å²) < 4.78 is 0. The van der Waals surface area contributed by atoms with Crippen LogP contribution < -0.4 is 10.2 Å². The molecule has 0 unspecified atom stereocenters. The molecule has 4 rings (SSSR count). The maximum atomic E-state index is 12.4. The quantitative estimate of drug-likeness (QED) is 0.738. The van der Waals surface area contributed by atoms with E-state index in [-0.39, 0.29) is 6.03 Å². The van der Waals surface area contributed by atoms with Gasteiger partial charge < -0.3 is 20.1 Å². The van der Waals surface area contributed by atoms with Gasteiger partial charge in [-0.05, 0) is 36.4 Å². The second-order valence-electron chi connectivity index (χ2n) is 5.99. The first-order valence-corrected chi connectivity index (χ1v) is 8.58. The Morgan fingerprint density at radius 2 is 1.76 bits per heavy atom. The second kappa shape index (κ2) is 6.64. The molecule has 0 bridgehead atoms. The summed E-state index contributed by atoms with van der Waals surface area (Å²) in [4.78, 5) is 24.3. The highest BCUT2D eigenvalue weighted by Crippen LogP contribution is 2.19. The molecule has 1 aliphatic heterocycles. The molecule has 128 valence electrons. The third-order valence-corrected chi connectivity index (χ3v) is 4.59. The normalized spacial score (nSPS) is 14.8. The van der Waals surface area contributed by atoms with Crippen LogP contribution in [0.4, 0.5) is 16.4 Å². The molecule has 1 aliphatic rings. The van der Waals surface area contributed by atoms with E-state index < -0.39 is 0 Å². The molecule has 1 aromatic heterocycles. The van der Waals surface area contributed by atoms with Crippen LogP contribution in [0.3, 0.4) is 0 Å². The van der Waals surface area contributed by atoms with Gasteiger partial charge in [-0.25, -0.2) is 9.78 Å². The van der Waals surface area contributed by atoms with Crippen molar-refractivity contribution in [2.75, 3.05) is 36.4 Å². The summed E-state index contributed by atoms with van der Waals surface area (Å²) in [6, 6.07) is 15.0. The molecule has 0 aliphatic carbocycles. The van der Waals surface area contributed by atoms with Crippen molar-refractivity contribution >= 4 is 40.3 Å². The average Bonchev–Trinajstić information content (AvgIpc) is 3.08. The van der Waals surface area contributed by atoms with Gasteiger partial charge in [0.25, 0.3) is 0 Å². The van der Waals surface area contributed by atoms with Crippen molar-refractivity contribution in [2.45, 2.75) is 0 Å². The Labute approximate surface area is 150 Å². The number of carbonyl (C=O) groups is 1. The Hall–Kier alpha value is -2.73. The lowest BCUT2D eigenvalue weighted by molar-refractivity contribution is 0.208. The zero-order valence-electron chi connectivity index (χ0n) is 13.6. The summed E-state index contributed by atoms with van der Waals surface area (Å²) in [5, 5.41) is 3.55. The maximum Gasteiger partial charge on any atom is 0.321 e. The highest BCUT2D eigenvalue weighted by Gasteiger charge is 2.23. The molecule has 2 amide bonds. The van der Waals surface area contributed by atoms with Crippen LogP contribution in [0.5, 0.6) is 0 Å². The Morgan fingerprint density at radius 1 is 1.04 bits per heavy atom. The molecule has 0 atom stereocenters. The molecule has 25 heavy (non-hydrogen) atoms. The first-order valence-electron chi connectivity index (χ1n) is 8.20. The average molecular weight is 356 g/mol. The van der Waals surface area contributed by atoms with Crippen LogP contribution in [0.15, 0.2) is 48.5 Å². The molecule has 0 spiro atoms. The van der Waals surface area contributed by atoms with Crippen LogP contribution >= 0.6 is 11.6 Å². The number of imidazole rings is 1. The molecule has 2 N–H and O–H groups in total. The first-order chi connectivity index (χ1) is 12.2. The summed E-state index contributed by atoms with van der Waals surface area (Å²) in [5.74, 6) is 0.860. The Kier molecular flexibility index (Phi) is 4.19. The van der Waals surface area contributed by atoms with E-state index in [1.54, 1.807) is 24.3 Å². The summed E-state index contributed by atoms with van der Waals surface area (Å²) in [7, 11) is 0. The number of anilines is 2. The van der Waals surface area contributed by atoms with Crippen molar-refractivity contribution in [2.24, 2.45) is 0 Å². The van der Waals surface area contributed by atoms with Gasteiger partial charge in [0.2, 0.25) is 5.95 Å². The van der Waals surface area contributed by atoms with Gasteiger partial charge in [0.1, 0.15) is 0 Å². The van der Waals surface area contributed by atoms with Crippen molar-refractivity contribution in [1.82, 2.24) is 14.9 Å². The topological polar surface area (TPSA) is 64.3 Å². The Bertz CT molecular complexity index is 851. The van der Waals surface area contributed by atoms with Crippen LogP contribution in [0.2, 0.25) is 5.02 Å². The minimum atomic E-state index is -0.0911. The second-order valence-corrected chi connectivity index (χ2v) is 6.43. The minimum Gasteiger partial charge on any atom is -0.339 e. The number of hydrogen-bond acceptors (Lipinski definition) is 3. The number of aromatic nitrogens is 2. The van der Waals surface area contributed by atoms with E-state index in [1.807, 2.05) is 29.2 Å². The number of rotatable bonds is 2. The number of para-hydroxylation sites is 2. The summed E-state index contributed by atoms with van der Waals surface area (Å²) in [6.07, 6.45) is 0. The largest absolute Gasteiger partial charge is 0.339 e. The van der Waals surface area contributed by atoms with E-state index in [1.165, 1.54) is 0 Å². The molecule has 1 fully saturated rings. The van der Waals surface area contributed by atoms with Gasteiger partial charge in [-0.1, -0.05) is 23.7 Å². The molecule has 2 heterocycles. The van der Waals surface area contributed by atoms with Crippen LogP contribution in [0.25, 0.3) is 11.0 Å². The summed E-state index contributed by atoms with van der Waals surface area (Å²) in [5.41, 5.74) is 2.73. The van der Waals surface area contributed by atoms with Crippen molar-refractivity contribution in [3.8, 4) is 0 Å². The number of nitrogens with one attached hydrogen (secondary N) is 2. The number of carbonyl (C=O) groups excluding carboxylic acids is 1. The molecule has 0 radical (unpaired) electrons. The number of aromatic amines is 1. The number of halogens is 1. The highest BCUT2D eigenvalue weighted by atomic mass is 35.5. The number of nitrogens with zero attached hydrogens (tertiary/aromatic N) is 3. The number of amides is 2. The van der Waals surface area contributed by atoms with Crippen molar-refractivity contribution in [1.29, 1.82) is 0 Å². The number of hydrogen-bond donors (Lipinski definition) is 2. The van der Waals surface area contributed by atoms with Crippen molar-refractivity contribution in [3.63, 3.8) is 0 Å². The number of benzene rings is 2. The number of fused-ring (bicyclic) bond motifs is 1. The van der Waals surface area contributed by atoms with Crippen LogP contribution in [-0.4, -0.2) is 47.1 Å². The molecule has 7 heteroatoms. The van der Waals surface area contributed by atoms with E-state index in [4.69, 9.17) is 11.6 Å². The van der Waals surface area contributed by atoms with Gasteiger partial charge in [-0.15, -0.1) is 0 Å². The van der Waals surface area contributed by atoms with Gasteiger partial charge in [0.15, 0.2) is 0 Å². The van der Waals surface area contributed by atoms with E-state index in [9.17, 15) is 4.79 Å². The zero-order chi connectivity index (χ0) is 17.2. The molecular formula is C18H18ClN5O. The lowest BCUT2D eigenvalue weighted by Crippen LogP contribution is -2.50. The zero-order valence-corrected chi connectivity index (χ0v) is 14.3. The van der Waals surface area contributed by atoms with Crippen molar-refractivity contribution in [3.05, 3.63) is 53.6 Å². The van der Waals surface area contributed by atoms with Crippen molar-refractivity contribution < 1.29 is 4.79 Å².